The monoisotopic (exact) mass is 515 g/mol. The number of fused-ring (bicyclic) bond motifs is 6. The summed E-state index contributed by atoms with van der Waals surface area (Å²) in [5, 5.41) is 3.00. The third kappa shape index (κ3) is 5.23. The average Bonchev–Trinajstić information content (AvgIpc) is 3.16. The summed E-state index contributed by atoms with van der Waals surface area (Å²) in [5.74, 6) is -0.720. The second-order valence-corrected chi connectivity index (χ2v) is 14.0. The fourth-order valence-electron chi connectivity index (χ4n) is 4.67. The van der Waals surface area contributed by atoms with Gasteiger partial charge in [-0.05, 0) is 22.3 Å². The molecule has 6 rings (SSSR count). The molecule has 1 N–H and O–H groups in total. The zero-order chi connectivity index (χ0) is 24.7. The average molecular weight is 516 g/mol. The van der Waals surface area contributed by atoms with E-state index in [4.69, 9.17) is 18.9 Å². The molecule has 188 valence electrons. The molecule has 0 spiro atoms. The molecule has 2 aromatic carbocycles. The highest BCUT2D eigenvalue weighted by Gasteiger charge is 2.55. The van der Waals surface area contributed by atoms with Crippen molar-refractivity contribution in [1.82, 2.24) is 5.32 Å². The molecule has 1 aliphatic carbocycles. The molecule has 8 heteroatoms. The molecule has 3 aliphatic heterocycles. The number of hydrogen-bond acceptors (Lipinski definition) is 7. The standard InChI is InChI=1S/C27H33NO5S2/c1-25(2,3)35-34-14-23(27-31-15-26(4,16-32-27)17-33-27)28-24(29)30-13-22-20-11-7-5-9-18(20)19-10-6-8-12-21(19)22/h5-12,22-23H,13-17H2,1-4H3,(H,28,29). The van der Waals surface area contributed by atoms with Gasteiger partial charge in [-0.15, -0.1) is 0 Å². The number of rotatable bonds is 7. The van der Waals surface area contributed by atoms with Gasteiger partial charge in [0, 0.05) is 21.8 Å². The van der Waals surface area contributed by atoms with E-state index >= 15 is 0 Å². The Morgan fingerprint density at radius 2 is 1.57 bits per heavy atom. The summed E-state index contributed by atoms with van der Waals surface area (Å²) in [6.07, 6.45) is -0.498. The zero-order valence-corrected chi connectivity index (χ0v) is 22.3. The highest BCUT2D eigenvalue weighted by molar-refractivity contribution is 8.77. The van der Waals surface area contributed by atoms with E-state index in [9.17, 15) is 4.79 Å². The predicted molar refractivity (Wildman–Crippen MR) is 140 cm³/mol. The molecular formula is C27H33NO5S2. The van der Waals surface area contributed by atoms with Crippen LogP contribution >= 0.6 is 21.6 Å². The molecule has 1 atom stereocenters. The Kier molecular flexibility index (Phi) is 6.87. The van der Waals surface area contributed by atoms with E-state index in [1.807, 2.05) is 24.3 Å². The minimum Gasteiger partial charge on any atom is -0.449 e. The number of alkyl carbamates (subject to hydrolysis) is 1. The van der Waals surface area contributed by atoms with Gasteiger partial charge in [0.05, 0.1) is 19.8 Å². The van der Waals surface area contributed by atoms with Crippen LogP contribution in [-0.4, -0.2) is 55.0 Å². The van der Waals surface area contributed by atoms with Crippen molar-refractivity contribution in [1.29, 1.82) is 0 Å². The van der Waals surface area contributed by atoms with Crippen LogP contribution in [0.4, 0.5) is 4.79 Å². The van der Waals surface area contributed by atoms with Crippen LogP contribution in [0.25, 0.3) is 11.1 Å². The maximum Gasteiger partial charge on any atom is 0.407 e. The molecule has 0 saturated carbocycles. The predicted octanol–water partition coefficient (Wildman–Crippen LogP) is 5.81. The topological polar surface area (TPSA) is 66.0 Å². The van der Waals surface area contributed by atoms with Crippen molar-refractivity contribution in [2.75, 3.05) is 32.2 Å². The highest BCUT2D eigenvalue weighted by Crippen LogP contribution is 2.45. The first-order valence-electron chi connectivity index (χ1n) is 12.0. The first-order valence-corrected chi connectivity index (χ1v) is 14.3. The molecule has 1 unspecified atom stereocenters. The van der Waals surface area contributed by atoms with Gasteiger partial charge in [0.2, 0.25) is 0 Å². The van der Waals surface area contributed by atoms with E-state index in [2.05, 4.69) is 57.3 Å². The van der Waals surface area contributed by atoms with Crippen LogP contribution in [0.3, 0.4) is 0 Å². The lowest BCUT2D eigenvalue weighted by Crippen LogP contribution is -2.68. The minimum absolute atomic E-state index is 0.00408. The van der Waals surface area contributed by atoms with Gasteiger partial charge in [-0.2, -0.15) is 0 Å². The molecule has 2 bridgehead atoms. The molecule has 3 fully saturated rings. The van der Waals surface area contributed by atoms with Crippen molar-refractivity contribution in [3.05, 3.63) is 59.7 Å². The first-order chi connectivity index (χ1) is 16.7. The van der Waals surface area contributed by atoms with Gasteiger partial charge < -0.3 is 24.3 Å². The Bertz CT molecular complexity index is 1020. The van der Waals surface area contributed by atoms with Crippen LogP contribution in [0.5, 0.6) is 0 Å². The van der Waals surface area contributed by atoms with E-state index in [0.29, 0.717) is 25.6 Å². The van der Waals surface area contributed by atoms with E-state index in [-0.39, 0.29) is 22.7 Å². The van der Waals surface area contributed by atoms with Gasteiger partial charge in [-0.25, -0.2) is 4.79 Å². The third-order valence-corrected chi connectivity index (χ3v) is 9.82. The van der Waals surface area contributed by atoms with Crippen LogP contribution in [0, 0.1) is 5.41 Å². The summed E-state index contributed by atoms with van der Waals surface area (Å²) in [4.78, 5) is 13.1. The molecule has 35 heavy (non-hydrogen) atoms. The Labute approximate surface area is 215 Å². The fraction of sp³-hybridized carbons (Fsp3) is 0.519. The van der Waals surface area contributed by atoms with Crippen LogP contribution in [0.1, 0.15) is 44.7 Å². The van der Waals surface area contributed by atoms with Gasteiger partial charge >= 0.3 is 12.1 Å². The molecule has 2 aromatic rings. The molecule has 6 nitrogen and oxygen atoms in total. The number of hydrogen-bond donors (Lipinski definition) is 1. The third-order valence-electron chi connectivity index (χ3n) is 6.47. The van der Waals surface area contributed by atoms with Crippen molar-refractivity contribution < 1.29 is 23.7 Å². The lowest BCUT2D eigenvalue weighted by atomic mass is 9.91. The van der Waals surface area contributed by atoms with E-state index in [0.717, 1.165) is 0 Å². The SMILES string of the molecule is CC12COC(C(CSSC(C)(C)C)NC(=O)OCC3c4ccccc4-c4ccccc43)(OC1)OC2. The molecule has 3 heterocycles. The molecule has 0 aromatic heterocycles. The van der Waals surface area contributed by atoms with Crippen molar-refractivity contribution in [3.63, 3.8) is 0 Å². The maximum absolute atomic E-state index is 13.1. The summed E-state index contributed by atoms with van der Waals surface area (Å²) in [6.45, 7) is 10.4. The number of carbonyl (C=O) groups is 1. The van der Waals surface area contributed by atoms with Gasteiger partial charge in [-0.1, -0.05) is 97.8 Å². The summed E-state index contributed by atoms with van der Waals surface area (Å²) in [5.41, 5.74) is 4.62. The fourth-order valence-corrected chi connectivity index (χ4v) is 7.19. The van der Waals surface area contributed by atoms with E-state index in [1.165, 1.54) is 22.3 Å². The normalized spacial score (nSPS) is 26.2. The van der Waals surface area contributed by atoms with Gasteiger partial charge in [0.1, 0.15) is 12.6 Å². The second kappa shape index (κ2) is 9.63. The quantitative estimate of drug-likeness (QED) is 0.467. The Balaban J connectivity index is 1.27. The second-order valence-electron chi connectivity index (χ2n) is 10.8. The summed E-state index contributed by atoms with van der Waals surface area (Å²) in [7, 11) is 3.42. The number of nitrogens with one attached hydrogen (secondary N) is 1. The van der Waals surface area contributed by atoms with Crippen molar-refractivity contribution in [2.45, 2.75) is 50.4 Å². The van der Waals surface area contributed by atoms with E-state index in [1.54, 1.807) is 21.6 Å². The van der Waals surface area contributed by atoms with E-state index < -0.39 is 18.1 Å². The molecule has 4 aliphatic rings. The number of ether oxygens (including phenoxy) is 4. The smallest absolute Gasteiger partial charge is 0.407 e. The maximum atomic E-state index is 13.1. The number of benzene rings is 2. The lowest BCUT2D eigenvalue weighted by Gasteiger charge is -2.52. The van der Waals surface area contributed by atoms with Gasteiger partial charge in [0.25, 0.3) is 0 Å². The molecule has 0 radical (unpaired) electrons. The Hall–Kier alpha value is -1.71. The number of amides is 1. The zero-order valence-electron chi connectivity index (χ0n) is 20.7. The summed E-state index contributed by atoms with van der Waals surface area (Å²) in [6, 6.07) is 16.1. The number of carbonyl (C=O) groups excluding carboxylic acids is 1. The Morgan fingerprint density at radius 1 is 1.03 bits per heavy atom. The molecule has 3 saturated heterocycles. The largest absolute Gasteiger partial charge is 0.449 e. The van der Waals surface area contributed by atoms with Crippen molar-refractivity contribution in [3.8, 4) is 11.1 Å². The summed E-state index contributed by atoms with van der Waals surface area (Å²) >= 11 is 0. The highest BCUT2D eigenvalue weighted by atomic mass is 33.1. The molecule has 1 amide bonds. The lowest BCUT2D eigenvalue weighted by molar-refractivity contribution is -0.471. The van der Waals surface area contributed by atoms with Gasteiger partial charge in [0.15, 0.2) is 0 Å². The van der Waals surface area contributed by atoms with Crippen molar-refractivity contribution in [2.24, 2.45) is 5.41 Å². The molecular weight excluding hydrogens is 482 g/mol. The Morgan fingerprint density at radius 3 is 2.11 bits per heavy atom. The van der Waals surface area contributed by atoms with Crippen LogP contribution in [0.2, 0.25) is 0 Å². The first kappa shape index (κ1) is 25.0. The van der Waals surface area contributed by atoms with Gasteiger partial charge in [-0.3, -0.25) is 0 Å². The van der Waals surface area contributed by atoms with Crippen molar-refractivity contribution >= 4 is 27.7 Å². The van der Waals surface area contributed by atoms with Crippen LogP contribution < -0.4 is 5.32 Å². The summed E-state index contributed by atoms with van der Waals surface area (Å²) < 4.78 is 24.0. The minimum atomic E-state index is -1.28. The van der Waals surface area contributed by atoms with Crippen LogP contribution in [0.15, 0.2) is 48.5 Å². The van der Waals surface area contributed by atoms with Crippen LogP contribution in [-0.2, 0) is 18.9 Å².